The second kappa shape index (κ2) is 5.19. The summed E-state index contributed by atoms with van der Waals surface area (Å²) in [4.78, 5) is 11.3. The first-order valence-corrected chi connectivity index (χ1v) is 4.58. The molecular formula is C9H20N2O2. The normalized spacial score (nSPS) is 13.9. The molecule has 0 aliphatic carbocycles. The van der Waals surface area contributed by atoms with Crippen LogP contribution in [0.15, 0.2) is 0 Å². The molecule has 1 atom stereocenters. The smallest absolute Gasteiger partial charge is 0.222 e. The Bertz CT molecular complexity index is 159. The predicted octanol–water partition coefficient (Wildman–Crippen LogP) is 0.000900. The van der Waals surface area contributed by atoms with E-state index in [1.54, 1.807) is 13.8 Å². The number of carbonyl (C=O) groups excluding carboxylic acids is 1. The molecule has 0 heterocycles. The van der Waals surface area contributed by atoms with Crippen LogP contribution >= 0.6 is 0 Å². The third-order valence-electron chi connectivity index (χ3n) is 1.69. The molecule has 0 fully saturated rings. The number of nitrogens with two attached hydrogens (primary N) is 1. The van der Waals surface area contributed by atoms with Gasteiger partial charge in [0, 0.05) is 12.0 Å². The monoisotopic (exact) mass is 188 g/mol. The highest BCUT2D eigenvalue weighted by Gasteiger charge is 2.17. The molecule has 0 radical (unpaired) electrons. The number of nitrogens with one attached hydrogen (secondary N) is 1. The van der Waals surface area contributed by atoms with Crippen LogP contribution in [-0.4, -0.2) is 29.2 Å². The maximum absolute atomic E-state index is 11.3. The topological polar surface area (TPSA) is 75.3 Å². The summed E-state index contributed by atoms with van der Waals surface area (Å²) in [6.07, 6.45) is 1.01. The van der Waals surface area contributed by atoms with Crippen molar-refractivity contribution in [3.8, 4) is 0 Å². The van der Waals surface area contributed by atoms with Crippen LogP contribution in [0.4, 0.5) is 0 Å². The Kier molecular flexibility index (Phi) is 4.95. The minimum Gasteiger partial charge on any atom is -0.394 e. The molecule has 0 saturated carbocycles. The third kappa shape index (κ3) is 6.54. The summed E-state index contributed by atoms with van der Waals surface area (Å²) in [6, 6.07) is -0.144. The number of aliphatic hydroxyl groups is 1. The molecule has 4 nitrogen and oxygen atoms in total. The highest BCUT2D eigenvalue weighted by Crippen LogP contribution is 2.03. The Morgan fingerprint density at radius 3 is 2.46 bits per heavy atom. The summed E-state index contributed by atoms with van der Waals surface area (Å²) in [5.41, 5.74) is 5.18. The molecule has 0 unspecified atom stereocenters. The molecule has 0 spiro atoms. The van der Waals surface area contributed by atoms with Crippen molar-refractivity contribution >= 4 is 5.91 Å². The molecule has 0 bridgehead atoms. The third-order valence-corrected chi connectivity index (χ3v) is 1.69. The molecule has 1 amide bonds. The van der Waals surface area contributed by atoms with Gasteiger partial charge in [-0.3, -0.25) is 4.79 Å². The van der Waals surface area contributed by atoms with Crippen LogP contribution in [0.2, 0.25) is 0 Å². The van der Waals surface area contributed by atoms with Crippen molar-refractivity contribution in [3.63, 3.8) is 0 Å². The van der Waals surface area contributed by atoms with E-state index in [1.807, 2.05) is 6.92 Å². The van der Waals surface area contributed by atoms with Gasteiger partial charge in [0.2, 0.25) is 5.91 Å². The lowest BCUT2D eigenvalue weighted by Gasteiger charge is -2.20. The Morgan fingerprint density at radius 1 is 1.62 bits per heavy atom. The second-order valence-corrected chi connectivity index (χ2v) is 4.02. The van der Waals surface area contributed by atoms with Crippen LogP contribution in [0.3, 0.4) is 0 Å². The fourth-order valence-corrected chi connectivity index (χ4v) is 0.969. The molecule has 0 rings (SSSR count). The maximum Gasteiger partial charge on any atom is 0.222 e. The first-order valence-electron chi connectivity index (χ1n) is 4.58. The molecule has 0 aromatic rings. The van der Waals surface area contributed by atoms with Gasteiger partial charge >= 0.3 is 0 Å². The average Bonchev–Trinajstić information content (AvgIpc) is 1.96. The molecule has 78 valence electrons. The lowest BCUT2D eigenvalue weighted by atomic mass is 10.0. The van der Waals surface area contributed by atoms with Gasteiger partial charge in [0.05, 0.1) is 12.6 Å². The van der Waals surface area contributed by atoms with Gasteiger partial charge in [0.15, 0.2) is 0 Å². The Morgan fingerprint density at radius 2 is 2.15 bits per heavy atom. The summed E-state index contributed by atoms with van der Waals surface area (Å²) in [6.45, 7) is 5.49. The highest BCUT2D eigenvalue weighted by molar-refractivity contribution is 5.77. The van der Waals surface area contributed by atoms with E-state index in [1.165, 1.54) is 0 Å². The standard InChI is InChI=1S/C9H20N2O2/c1-4-7(6-12)11-8(13)5-9(2,3)10/h7,12H,4-6,10H2,1-3H3,(H,11,13)/t7-/m0/s1. The number of hydrogen-bond donors (Lipinski definition) is 3. The van der Waals surface area contributed by atoms with E-state index < -0.39 is 5.54 Å². The Hall–Kier alpha value is -0.610. The summed E-state index contributed by atoms with van der Waals surface area (Å²) in [5, 5.41) is 11.5. The maximum atomic E-state index is 11.3. The first kappa shape index (κ1) is 12.4. The van der Waals surface area contributed by atoms with Crippen molar-refractivity contribution in [3.05, 3.63) is 0 Å². The summed E-state index contributed by atoms with van der Waals surface area (Å²) >= 11 is 0. The summed E-state index contributed by atoms with van der Waals surface area (Å²) in [7, 11) is 0. The zero-order chi connectivity index (χ0) is 10.5. The molecule has 0 saturated heterocycles. The van der Waals surface area contributed by atoms with E-state index in [4.69, 9.17) is 10.8 Å². The molecule has 0 aromatic heterocycles. The van der Waals surface area contributed by atoms with E-state index in [2.05, 4.69) is 5.32 Å². The van der Waals surface area contributed by atoms with Crippen molar-refractivity contribution in [1.82, 2.24) is 5.32 Å². The molecule has 0 aromatic carbocycles. The minimum atomic E-state index is -0.488. The van der Waals surface area contributed by atoms with Crippen LogP contribution < -0.4 is 11.1 Å². The quantitative estimate of drug-likeness (QED) is 0.568. The van der Waals surface area contributed by atoms with Crippen molar-refractivity contribution in [2.75, 3.05) is 6.61 Å². The molecule has 4 heteroatoms. The van der Waals surface area contributed by atoms with Gasteiger partial charge in [-0.2, -0.15) is 0 Å². The van der Waals surface area contributed by atoms with Gasteiger partial charge in [-0.15, -0.1) is 0 Å². The average molecular weight is 188 g/mol. The van der Waals surface area contributed by atoms with Crippen LogP contribution in [0.5, 0.6) is 0 Å². The fourth-order valence-electron chi connectivity index (χ4n) is 0.969. The largest absolute Gasteiger partial charge is 0.394 e. The van der Waals surface area contributed by atoms with Crippen molar-refractivity contribution in [2.24, 2.45) is 5.73 Å². The fraction of sp³-hybridized carbons (Fsp3) is 0.889. The van der Waals surface area contributed by atoms with Crippen LogP contribution in [0.25, 0.3) is 0 Å². The van der Waals surface area contributed by atoms with Gasteiger partial charge in [0.25, 0.3) is 0 Å². The molecular weight excluding hydrogens is 168 g/mol. The zero-order valence-corrected chi connectivity index (χ0v) is 8.63. The summed E-state index contributed by atoms with van der Waals surface area (Å²) < 4.78 is 0. The number of amides is 1. The Labute approximate surface area is 79.5 Å². The van der Waals surface area contributed by atoms with Gasteiger partial charge < -0.3 is 16.2 Å². The van der Waals surface area contributed by atoms with Crippen LogP contribution in [-0.2, 0) is 4.79 Å². The van der Waals surface area contributed by atoms with Crippen molar-refractivity contribution in [2.45, 2.75) is 45.2 Å². The SMILES string of the molecule is CC[C@@H](CO)NC(=O)CC(C)(C)N. The number of rotatable bonds is 5. The molecule has 13 heavy (non-hydrogen) atoms. The van der Waals surface area contributed by atoms with Crippen molar-refractivity contribution < 1.29 is 9.90 Å². The molecule has 0 aliphatic rings. The van der Waals surface area contributed by atoms with E-state index in [9.17, 15) is 4.79 Å². The molecule has 4 N–H and O–H groups in total. The number of hydrogen-bond acceptors (Lipinski definition) is 3. The van der Waals surface area contributed by atoms with E-state index in [0.717, 1.165) is 6.42 Å². The minimum absolute atomic E-state index is 0.0206. The van der Waals surface area contributed by atoms with Gasteiger partial charge in [-0.05, 0) is 20.3 Å². The lowest BCUT2D eigenvalue weighted by molar-refractivity contribution is -0.123. The first-order chi connectivity index (χ1) is 5.89. The highest BCUT2D eigenvalue weighted by atomic mass is 16.3. The number of aliphatic hydroxyl groups excluding tert-OH is 1. The van der Waals surface area contributed by atoms with E-state index in [0.29, 0.717) is 0 Å². The van der Waals surface area contributed by atoms with Gasteiger partial charge in [-0.25, -0.2) is 0 Å². The lowest BCUT2D eigenvalue weighted by Crippen LogP contribution is -2.43. The second-order valence-electron chi connectivity index (χ2n) is 4.02. The number of carbonyl (C=O) groups is 1. The predicted molar refractivity (Wildman–Crippen MR) is 52.2 cm³/mol. The van der Waals surface area contributed by atoms with Crippen LogP contribution in [0.1, 0.15) is 33.6 Å². The van der Waals surface area contributed by atoms with Gasteiger partial charge in [-0.1, -0.05) is 6.92 Å². The Balaban J connectivity index is 3.86. The van der Waals surface area contributed by atoms with Crippen molar-refractivity contribution in [1.29, 1.82) is 0 Å². The van der Waals surface area contributed by atoms with E-state index >= 15 is 0 Å². The summed E-state index contributed by atoms with van der Waals surface area (Å²) in [5.74, 6) is -0.103. The molecule has 0 aliphatic heterocycles. The van der Waals surface area contributed by atoms with Crippen LogP contribution in [0, 0.1) is 0 Å². The van der Waals surface area contributed by atoms with Gasteiger partial charge in [0.1, 0.15) is 0 Å². The zero-order valence-electron chi connectivity index (χ0n) is 8.63. The van der Waals surface area contributed by atoms with E-state index in [-0.39, 0.29) is 25.0 Å².